The molecule has 1 aliphatic heterocycles. The number of likely N-dealkylation sites (N-methyl/N-ethyl adjacent to an activating group) is 1. The lowest BCUT2D eigenvalue weighted by molar-refractivity contribution is -0.192. The smallest absolute Gasteiger partial charge is 0.475 e. The second-order valence-corrected chi connectivity index (χ2v) is 13.0. The van der Waals surface area contributed by atoms with Gasteiger partial charge in [-0.15, -0.1) is 0 Å². The van der Waals surface area contributed by atoms with E-state index in [2.05, 4.69) is 56.9 Å². The molecule has 0 spiro atoms. The number of alkyl halides is 3. The number of anilines is 1. The van der Waals surface area contributed by atoms with E-state index in [-0.39, 0.29) is 18.0 Å². The van der Waals surface area contributed by atoms with Gasteiger partial charge in [0, 0.05) is 80.0 Å². The molecule has 0 atom stereocenters. The lowest BCUT2D eigenvalue weighted by Crippen LogP contribution is -2.44. The first-order chi connectivity index (χ1) is 24.2. The molecule has 0 radical (unpaired) electrons. The largest absolute Gasteiger partial charge is 0.490 e. The van der Waals surface area contributed by atoms with Crippen LogP contribution in [-0.4, -0.2) is 117 Å². The number of rotatable bonds is 11. The van der Waals surface area contributed by atoms with Crippen molar-refractivity contribution in [3.05, 3.63) is 62.1 Å². The topological polar surface area (TPSA) is 127 Å². The first-order valence-corrected chi connectivity index (χ1v) is 17.3. The summed E-state index contributed by atoms with van der Waals surface area (Å²) < 4.78 is 42.5. The zero-order valence-electron chi connectivity index (χ0n) is 30.5. The van der Waals surface area contributed by atoms with Crippen molar-refractivity contribution >= 4 is 17.6 Å². The molecule has 2 fully saturated rings. The number of hydrogen-bond donors (Lipinski definition) is 3. The fourth-order valence-corrected chi connectivity index (χ4v) is 6.54. The number of amides is 1. The number of carbonyl (C=O) groups is 2. The maximum atomic E-state index is 13.7. The molecule has 14 heteroatoms. The molecule has 1 amide bonds. The molecule has 0 unspecified atom stereocenters. The third kappa shape index (κ3) is 12.4. The third-order valence-corrected chi connectivity index (χ3v) is 9.45. The van der Waals surface area contributed by atoms with E-state index >= 15 is 0 Å². The molecule has 1 saturated carbocycles. The van der Waals surface area contributed by atoms with E-state index in [0.29, 0.717) is 29.8 Å². The molecule has 3 N–H and O–H groups in total. The zero-order valence-corrected chi connectivity index (χ0v) is 30.5. The van der Waals surface area contributed by atoms with Gasteiger partial charge in [0.25, 0.3) is 11.5 Å². The Bertz CT molecular complexity index is 1590. The van der Waals surface area contributed by atoms with E-state index in [1.165, 1.54) is 0 Å². The van der Waals surface area contributed by atoms with Gasteiger partial charge < -0.3 is 34.7 Å². The molecule has 11 nitrogen and oxygen atoms in total. The molecule has 2 heterocycles. The second kappa shape index (κ2) is 19.6. The number of aliphatic carboxylic acids is 1. The number of hydrogen-bond acceptors (Lipinski definition) is 8. The van der Waals surface area contributed by atoms with Crippen molar-refractivity contribution in [3.63, 3.8) is 0 Å². The van der Waals surface area contributed by atoms with Gasteiger partial charge in [0.2, 0.25) is 0 Å². The predicted molar refractivity (Wildman–Crippen MR) is 190 cm³/mol. The minimum absolute atomic E-state index is 0.163. The highest BCUT2D eigenvalue weighted by atomic mass is 19.4. The van der Waals surface area contributed by atoms with Crippen molar-refractivity contribution in [1.29, 1.82) is 0 Å². The van der Waals surface area contributed by atoms with Gasteiger partial charge in [-0.1, -0.05) is 11.8 Å². The number of carbonyl (C=O) groups excluding carboxylic acids is 1. The summed E-state index contributed by atoms with van der Waals surface area (Å²) in [6, 6.07) is 6.95. The first kappa shape index (κ1) is 41.5. The molecule has 0 bridgehead atoms. The quantitative estimate of drug-likeness (QED) is 0.292. The van der Waals surface area contributed by atoms with E-state index in [1.807, 2.05) is 32.9 Å². The minimum atomic E-state index is -5.08. The lowest BCUT2D eigenvalue weighted by Gasteiger charge is -2.41. The monoisotopic (exact) mass is 719 g/mol. The maximum Gasteiger partial charge on any atom is 0.490 e. The van der Waals surface area contributed by atoms with Gasteiger partial charge >= 0.3 is 12.1 Å². The van der Waals surface area contributed by atoms with Crippen molar-refractivity contribution in [2.45, 2.75) is 78.2 Å². The summed E-state index contributed by atoms with van der Waals surface area (Å²) >= 11 is 0. The van der Waals surface area contributed by atoms with Crippen LogP contribution in [0.5, 0.6) is 0 Å². The van der Waals surface area contributed by atoms with Crippen LogP contribution in [0.2, 0.25) is 0 Å². The molecule has 2 aliphatic rings. The Morgan fingerprint density at radius 2 is 1.73 bits per heavy atom. The number of H-pyrrole nitrogens is 1. The number of ether oxygens (including phenoxy) is 2. The Labute approximate surface area is 298 Å². The van der Waals surface area contributed by atoms with Crippen molar-refractivity contribution in [2.24, 2.45) is 0 Å². The number of benzene rings is 1. The summed E-state index contributed by atoms with van der Waals surface area (Å²) in [6.07, 6.45) is -0.618. The Morgan fingerprint density at radius 3 is 2.29 bits per heavy atom. The number of aromatic nitrogens is 1. The fraction of sp³-hybridized carbons (Fsp3) is 0.595. The van der Waals surface area contributed by atoms with Crippen LogP contribution < -0.4 is 15.8 Å². The van der Waals surface area contributed by atoms with Gasteiger partial charge in [0.15, 0.2) is 0 Å². The van der Waals surface area contributed by atoms with E-state index < -0.39 is 12.1 Å². The molecular formula is C37H52F3N5O6. The zero-order chi connectivity index (χ0) is 37.7. The van der Waals surface area contributed by atoms with Crippen molar-refractivity contribution < 1.29 is 37.3 Å². The van der Waals surface area contributed by atoms with Gasteiger partial charge in [-0.2, -0.15) is 13.2 Å². The van der Waals surface area contributed by atoms with Crippen LogP contribution in [0.25, 0.3) is 0 Å². The lowest BCUT2D eigenvalue weighted by atomic mass is 9.88. The van der Waals surface area contributed by atoms with E-state index in [0.717, 1.165) is 99.8 Å². The second-order valence-electron chi connectivity index (χ2n) is 13.0. The summed E-state index contributed by atoms with van der Waals surface area (Å²) in [4.78, 5) is 45.3. The predicted octanol–water partition coefficient (Wildman–Crippen LogP) is 4.26. The molecule has 1 saturated heterocycles. The Hall–Kier alpha value is -3.90. The average molecular weight is 720 g/mol. The van der Waals surface area contributed by atoms with Gasteiger partial charge in [0.1, 0.15) is 0 Å². The molecule has 1 aromatic carbocycles. The number of nitrogens with one attached hydrogen (secondary N) is 2. The summed E-state index contributed by atoms with van der Waals surface area (Å²) in [6.45, 7) is 14.6. The summed E-state index contributed by atoms with van der Waals surface area (Å²) in [7, 11) is 3.95. The van der Waals surface area contributed by atoms with E-state index in [1.54, 1.807) is 7.11 Å². The van der Waals surface area contributed by atoms with Crippen LogP contribution in [0.1, 0.15) is 70.9 Å². The number of halogens is 3. The molecule has 282 valence electrons. The van der Waals surface area contributed by atoms with E-state index in [9.17, 15) is 22.8 Å². The van der Waals surface area contributed by atoms with Crippen LogP contribution in [-0.2, 0) is 20.8 Å². The highest BCUT2D eigenvalue weighted by molar-refractivity contribution is 5.97. The maximum absolute atomic E-state index is 13.7. The van der Waals surface area contributed by atoms with Crippen molar-refractivity contribution in [2.75, 3.05) is 71.6 Å². The van der Waals surface area contributed by atoms with Crippen LogP contribution in [0, 0.1) is 32.6 Å². The van der Waals surface area contributed by atoms with Gasteiger partial charge in [0.05, 0.1) is 26.4 Å². The number of carboxylic acid groups (broad SMARTS) is 1. The standard InChI is InChI=1S/C35H51N5O4.C2HF3O2/c1-7-40(30-12-10-29(11-13-30)38(5)15-18-43-6)33-23-28(9-8-14-39-16-19-44-20-17-39)22-31(27(33)4)34(41)36-24-32-25(2)21-26(3)37-35(32)42;3-2(4,5)1(6)7/h21-23,29-30H,7,10-20,24H2,1-6H3,(H,36,41)(H,37,42);(H,6,7). The first-order valence-electron chi connectivity index (χ1n) is 17.3. The van der Waals surface area contributed by atoms with Crippen molar-refractivity contribution in [3.8, 4) is 11.8 Å². The Balaban J connectivity index is 0.000000908. The number of aryl methyl sites for hydroxylation is 2. The van der Waals surface area contributed by atoms with Crippen molar-refractivity contribution in [1.82, 2.24) is 20.1 Å². The average Bonchev–Trinajstić information content (AvgIpc) is 3.08. The molecule has 2 aromatic rings. The minimum Gasteiger partial charge on any atom is -0.475 e. The number of nitrogens with zero attached hydrogens (tertiary/aromatic N) is 3. The van der Waals surface area contributed by atoms with Gasteiger partial charge in [-0.05, 0) is 89.8 Å². The molecule has 1 aliphatic carbocycles. The molecule has 51 heavy (non-hydrogen) atoms. The summed E-state index contributed by atoms with van der Waals surface area (Å²) in [5.74, 6) is 3.75. The van der Waals surface area contributed by atoms with E-state index in [4.69, 9.17) is 19.4 Å². The SMILES string of the molecule is CCN(c1cc(C#CCN2CCOCC2)cc(C(=O)NCc2c(C)cc(C)[nH]c2=O)c1C)C1CCC(N(C)CCOC)CC1.O=C(O)C(F)(F)F. The van der Waals surface area contributed by atoms with Crippen LogP contribution in [0.4, 0.5) is 18.9 Å². The number of methoxy groups -OCH3 is 1. The number of pyridine rings is 1. The highest BCUT2D eigenvalue weighted by Crippen LogP contribution is 2.33. The van der Waals surface area contributed by atoms with Gasteiger partial charge in [-0.25, -0.2) is 4.79 Å². The Morgan fingerprint density at radius 1 is 1.10 bits per heavy atom. The number of morpholine rings is 1. The number of carboxylic acids is 1. The fourth-order valence-electron chi connectivity index (χ4n) is 6.54. The Kier molecular flexibility index (Phi) is 16.0. The van der Waals surface area contributed by atoms with Crippen LogP contribution >= 0.6 is 0 Å². The van der Waals surface area contributed by atoms with Crippen LogP contribution in [0.15, 0.2) is 23.0 Å². The third-order valence-electron chi connectivity index (χ3n) is 9.45. The summed E-state index contributed by atoms with van der Waals surface area (Å²) in [5.41, 5.74) is 5.53. The molecule has 1 aromatic heterocycles. The van der Waals surface area contributed by atoms with Gasteiger partial charge in [-0.3, -0.25) is 14.5 Å². The van der Waals surface area contributed by atoms with Crippen LogP contribution in [0.3, 0.4) is 0 Å². The normalized spacial score (nSPS) is 17.9. The molecule has 4 rings (SSSR count). The molecular weight excluding hydrogens is 667 g/mol. The highest BCUT2D eigenvalue weighted by Gasteiger charge is 2.38. The summed E-state index contributed by atoms with van der Waals surface area (Å²) in [5, 5.41) is 10.2. The number of aromatic amines is 1.